The van der Waals surface area contributed by atoms with E-state index >= 15 is 0 Å². The van der Waals surface area contributed by atoms with Crippen molar-refractivity contribution in [2.75, 3.05) is 13.7 Å². The first-order valence-corrected chi connectivity index (χ1v) is 4.96. The van der Waals surface area contributed by atoms with E-state index in [9.17, 15) is 9.59 Å². The zero-order valence-electron chi connectivity index (χ0n) is 7.63. The van der Waals surface area contributed by atoms with Crippen LogP contribution < -0.4 is 5.32 Å². The quantitative estimate of drug-likeness (QED) is 0.241. The van der Waals surface area contributed by atoms with E-state index in [-0.39, 0.29) is 6.61 Å². The Morgan fingerprint density at radius 2 is 1.71 bits per heavy atom. The third-order valence-corrected chi connectivity index (χ3v) is 0.688. The predicted molar refractivity (Wildman–Crippen MR) is 45.0 cm³/mol. The van der Waals surface area contributed by atoms with Crippen molar-refractivity contribution < 1.29 is 33.6 Å². The first-order valence-electron chi connectivity index (χ1n) is 3.39. The maximum atomic E-state index is 10.3. The van der Waals surface area contributed by atoms with Crippen molar-refractivity contribution in [1.82, 2.24) is 5.32 Å². The number of hydrogen-bond acceptors (Lipinski definition) is 4. The minimum absolute atomic E-state index is 0.228. The van der Waals surface area contributed by atoms with E-state index in [1.807, 2.05) is 0 Å². The molecule has 0 aliphatic heterocycles. The number of nitrogens with one attached hydrogen (secondary N) is 1. The fourth-order valence-corrected chi connectivity index (χ4v) is 0.299. The van der Waals surface area contributed by atoms with Crippen LogP contribution in [-0.4, -0.2) is 40.2 Å². The summed E-state index contributed by atoms with van der Waals surface area (Å²) >= 11 is 0. The van der Waals surface area contributed by atoms with Crippen LogP contribution in [-0.2, 0) is 18.9 Å². The maximum absolute atomic E-state index is 10.3. The number of carbonyl (C=O) groups excluding carboxylic acids is 2. The molecule has 9 heteroatoms. The fourth-order valence-electron chi connectivity index (χ4n) is 0.299. The molecule has 0 unspecified atom stereocenters. The number of phosphoric acid groups is 1. The maximum Gasteiger partial charge on any atom is 0.466 e. The largest absolute Gasteiger partial charge is 0.466 e. The Labute approximate surface area is 80.1 Å². The topological polar surface area (TPSA) is 133 Å². The average Bonchev–Trinajstić information content (AvgIpc) is 2.00. The van der Waals surface area contributed by atoms with Gasteiger partial charge in [-0.2, -0.15) is 0 Å². The monoisotopic (exact) mass is 229 g/mol. The molecule has 0 aliphatic carbocycles. The summed E-state index contributed by atoms with van der Waals surface area (Å²) in [6.07, 6.45) is 0. The minimum Gasteiger partial charge on any atom is -0.459 e. The lowest BCUT2D eigenvalue weighted by molar-refractivity contribution is -0.154. The van der Waals surface area contributed by atoms with Crippen molar-refractivity contribution in [1.29, 1.82) is 0 Å². The van der Waals surface area contributed by atoms with E-state index < -0.39 is 19.7 Å². The number of esters is 1. The lowest BCUT2D eigenvalue weighted by atomic mass is 10.6. The van der Waals surface area contributed by atoms with Gasteiger partial charge in [0.05, 0.1) is 6.61 Å². The number of rotatable bonds is 1. The van der Waals surface area contributed by atoms with Crippen LogP contribution in [0.25, 0.3) is 0 Å². The van der Waals surface area contributed by atoms with Crippen molar-refractivity contribution in [2.24, 2.45) is 0 Å². The van der Waals surface area contributed by atoms with Gasteiger partial charge >= 0.3 is 19.7 Å². The molecule has 0 heterocycles. The second-order valence-electron chi connectivity index (χ2n) is 1.81. The fraction of sp³-hybridized carbons (Fsp3) is 0.600. The van der Waals surface area contributed by atoms with Crippen molar-refractivity contribution in [2.45, 2.75) is 6.92 Å². The molecular formula is C5H12NO7P. The predicted octanol–water partition coefficient (Wildman–Crippen LogP) is -1.63. The van der Waals surface area contributed by atoms with Gasteiger partial charge in [0, 0.05) is 7.05 Å². The van der Waals surface area contributed by atoms with Crippen LogP contribution in [0.15, 0.2) is 0 Å². The summed E-state index contributed by atoms with van der Waals surface area (Å²) in [5.41, 5.74) is 0. The Kier molecular flexibility index (Phi) is 8.26. The van der Waals surface area contributed by atoms with Gasteiger partial charge in [-0.05, 0) is 6.92 Å². The molecule has 0 aliphatic rings. The molecule has 4 N–H and O–H groups in total. The van der Waals surface area contributed by atoms with Crippen LogP contribution in [0.2, 0.25) is 0 Å². The van der Waals surface area contributed by atoms with Gasteiger partial charge in [0.1, 0.15) is 0 Å². The number of hydrogen-bond donors (Lipinski definition) is 4. The summed E-state index contributed by atoms with van der Waals surface area (Å²) in [5, 5.41) is 2.14. The van der Waals surface area contributed by atoms with Crippen LogP contribution in [0.4, 0.5) is 0 Å². The lowest BCUT2D eigenvalue weighted by Gasteiger charge is -1.97. The van der Waals surface area contributed by atoms with Crippen LogP contribution in [0.5, 0.6) is 0 Å². The van der Waals surface area contributed by atoms with Gasteiger partial charge in [-0.25, -0.2) is 9.36 Å². The molecule has 0 fully saturated rings. The zero-order valence-corrected chi connectivity index (χ0v) is 8.52. The molecule has 0 bridgehead atoms. The highest BCUT2D eigenvalue weighted by Crippen LogP contribution is 2.25. The molecule has 0 rings (SSSR count). The Morgan fingerprint density at radius 3 is 1.93 bits per heavy atom. The van der Waals surface area contributed by atoms with Gasteiger partial charge in [0.2, 0.25) is 0 Å². The number of carbonyl (C=O) groups is 2. The molecular weight excluding hydrogens is 217 g/mol. The molecule has 1 amide bonds. The highest BCUT2D eigenvalue weighted by Gasteiger charge is 2.10. The van der Waals surface area contributed by atoms with Gasteiger partial charge in [0.15, 0.2) is 0 Å². The summed E-state index contributed by atoms with van der Waals surface area (Å²) < 4.78 is 13.2. The van der Waals surface area contributed by atoms with Gasteiger partial charge < -0.3 is 24.7 Å². The van der Waals surface area contributed by atoms with Crippen molar-refractivity contribution in [3.63, 3.8) is 0 Å². The third kappa shape index (κ3) is 17.2. The van der Waals surface area contributed by atoms with Crippen LogP contribution in [0, 0.1) is 0 Å². The standard InChI is InChI=1S/C5H9NO3.H3O4P/c1-3-9-5(8)4(7)6-2;1-5(2,3)4/h3H2,1-2H3,(H,6,7);(H3,1,2,3,4). The number of amides is 1. The molecule has 0 aromatic carbocycles. The first-order chi connectivity index (χ1) is 6.22. The van der Waals surface area contributed by atoms with E-state index in [1.165, 1.54) is 7.05 Å². The third-order valence-electron chi connectivity index (χ3n) is 0.688. The normalized spacial score (nSPS) is 9.50. The molecule has 8 nitrogen and oxygen atoms in total. The van der Waals surface area contributed by atoms with Crippen molar-refractivity contribution in [3.8, 4) is 0 Å². The molecule has 84 valence electrons. The SMILES string of the molecule is CCOC(=O)C(=O)NC.O=P(O)(O)O. The second kappa shape index (κ2) is 7.45. The molecule has 0 aromatic rings. The molecule has 14 heavy (non-hydrogen) atoms. The smallest absolute Gasteiger partial charge is 0.459 e. The Bertz CT molecular complexity index is 226. The minimum atomic E-state index is -4.64. The highest BCUT2D eigenvalue weighted by atomic mass is 31.2. The van der Waals surface area contributed by atoms with Gasteiger partial charge in [-0.1, -0.05) is 0 Å². The van der Waals surface area contributed by atoms with Crippen LogP contribution in [0.1, 0.15) is 6.92 Å². The van der Waals surface area contributed by atoms with E-state index in [2.05, 4.69) is 10.1 Å². The van der Waals surface area contributed by atoms with Gasteiger partial charge in [-0.3, -0.25) is 4.79 Å². The van der Waals surface area contributed by atoms with Gasteiger partial charge in [-0.15, -0.1) is 0 Å². The molecule has 0 spiro atoms. The summed E-state index contributed by atoms with van der Waals surface area (Å²) in [6, 6.07) is 0. The second-order valence-corrected chi connectivity index (χ2v) is 2.84. The van der Waals surface area contributed by atoms with E-state index in [1.54, 1.807) is 6.92 Å². The summed E-state index contributed by atoms with van der Waals surface area (Å²) in [6.45, 7) is 1.87. The summed E-state index contributed by atoms with van der Waals surface area (Å²) in [5.74, 6) is -1.54. The van der Waals surface area contributed by atoms with E-state index in [4.69, 9.17) is 19.2 Å². The molecule has 0 saturated heterocycles. The van der Waals surface area contributed by atoms with E-state index in [0.29, 0.717) is 0 Å². The lowest BCUT2D eigenvalue weighted by Crippen LogP contribution is -2.29. The molecule has 0 aromatic heterocycles. The highest BCUT2D eigenvalue weighted by molar-refractivity contribution is 7.45. The number of ether oxygens (including phenoxy) is 1. The molecule has 0 radical (unpaired) electrons. The van der Waals surface area contributed by atoms with Crippen molar-refractivity contribution >= 4 is 19.7 Å². The van der Waals surface area contributed by atoms with Crippen molar-refractivity contribution in [3.05, 3.63) is 0 Å². The Hall–Kier alpha value is -0.950. The van der Waals surface area contributed by atoms with Gasteiger partial charge in [0.25, 0.3) is 0 Å². The van der Waals surface area contributed by atoms with Crippen LogP contribution >= 0.6 is 7.82 Å². The zero-order chi connectivity index (χ0) is 11.8. The molecule has 0 atom stereocenters. The van der Waals surface area contributed by atoms with Crippen LogP contribution in [0.3, 0.4) is 0 Å². The Morgan fingerprint density at radius 1 is 1.36 bits per heavy atom. The molecule has 0 saturated carbocycles. The summed E-state index contributed by atoms with van der Waals surface area (Å²) in [4.78, 5) is 42.2. The average molecular weight is 229 g/mol. The Balaban J connectivity index is 0. The van der Waals surface area contributed by atoms with E-state index in [0.717, 1.165) is 0 Å². The summed E-state index contributed by atoms with van der Waals surface area (Å²) in [7, 11) is -3.26. The number of likely N-dealkylation sites (N-methyl/N-ethyl adjacent to an activating group) is 1. The first kappa shape index (κ1) is 15.5.